The normalized spacial score (nSPS) is 22.9. The van der Waals surface area contributed by atoms with Gasteiger partial charge in [-0.2, -0.15) is 10.1 Å². The highest BCUT2D eigenvalue weighted by Crippen LogP contribution is 2.43. The number of fused-ring (bicyclic) bond motifs is 6. The van der Waals surface area contributed by atoms with Gasteiger partial charge in [0.15, 0.2) is 5.65 Å². The van der Waals surface area contributed by atoms with E-state index >= 15 is 0 Å². The fourth-order valence-electron chi connectivity index (χ4n) is 5.89. The molecule has 1 unspecified atom stereocenters. The lowest BCUT2D eigenvalue weighted by Crippen LogP contribution is -2.48. The van der Waals surface area contributed by atoms with Crippen LogP contribution < -0.4 is 10.6 Å². The fourth-order valence-corrected chi connectivity index (χ4v) is 6.52. The molecule has 8 nitrogen and oxygen atoms in total. The van der Waals surface area contributed by atoms with Gasteiger partial charge in [-0.05, 0) is 31.7 Å². The van der Waals surface area contributed by atoms with Gasteiger partial charge < -0.3 is 15.6 Å². The summed E-state index contributed by atoms with van der Waals surface area (Å²) in [5.74, 6) is 0.930. The molecule has 3 N–H and O–H groups in total. The molecular weight excluding hydrogens is 459 g/mol. The SMILES string of the molecule is Cn1nc2ccc(-c3c[nH]c4nc(N5[C@@H]6CC[C@H]5CC(N)C6)n5ccnc5c34)c(Cl)c2c1Cl. The number of rotatable bonds is 2. The van der Waals surface area contributed by atoms with Crippen LogP contribution in [0.25, 0.3) is 38.7 Å². The summed E-state index contributed by atoms with van der Waals surface area (Å²) in [6.07, 6.45) is 10.1. The second-order valence-electron chi connectivity index (χ2n) is 9.22. The van der Waals surface area contributed by atoms with Crippen LogP contribution in [0.1, 0.15) is 25.7 Å². The van der Waals surface area contributed by atoms with Crippen molar-refractivity contribution in [3.8, 4) is 11.1 Å². The number of piperidine rings is 1. The number of aryl methyl sites for hydroxylation is 1. The third kappa shape index (κ3) is 2.65. The number of hydrogen-bond acceptors (Lipinski definition) is 5. The van der Waals surface area contributed by atoms with Gasteiger partial charge in [-0.15, -0.1) is 0 Å². The van der Waals surface area contributed by atoms with E-state index < -0.39 is 0 Å². The van der Waals surface area contributed by atoms with Crippen molar-refractivity contribution in [1.29, 1.82) is 0 Å². The minimum atomic E-state index is 0.272. The zero-order valence-corrected chi connectivity index (χ0v) is 19.5. The number of halogens is 2. The van der Waals surface area contributed by atoms with Crippen LogP contribution in [0.15, 0.2) is 30.7 Å². The van der Waals surface area contributed by atoms with Crippen LogP contribution >= 0.6 is 23.2 Å². The topological polar surface area (TPSA) is 93.1 Å². The van der Waals surface area contributed by atoms with Crippen LogP contribution in [-0.4, -0.2) is 47.3 Å². The van der Waals surface area contributed by atoms with Crippen molar-refractivity contribution >= 4 is 56.7 Å². The average molecular weight is 481 g/mol. The number of hydrogen-bond donors (Lipinski definition) is 2. The van der Waals surface area contributed by atoms with Gasteiger partial charge in [0.2, 0.25) is 5.95 Å². The molecule has 2 aliphatic heterocycles. The maximum Gasteiger partial charge on any atom is 0.213 e. The summed E-state index contributed by atoms with van der Waals surface area (Å²) in [7, 11) is 1.81. The molecule has 6 heterocycles. The van der Waals surface area contributed by atoms with Crippen molar-refractivity contribution in [2.45, 2.75) is 43.8 Å². The van der Waals surface area contributed by atoms with Crippen LogP contribution in [-0.2, 0) is 7.05 Å². The number of H-pyrrole nitrogens is 1. The summed E-state index contributed by atoms with van der Waals surface area (Å²) in [5.41, 5.74) is 10.5. The smallest absolute Gasteiger partial charge is 0.213 e. The van der Waals surface area contributed by atoms with E-state index in [0.29, 0.717) is 22.3 Å². The Bertz CT molecular complexity index is 1550. The van der Waals surface area contributed by atoms with Crippen molar-refractivity contribution in [3.05, 3.63) is 40.9 Å². The van der Waals surface area contributed by atoms with E-state index in [-0.39, 0.29) is 6.04 Å². The highest BCUT2D eigenvalue weighted by atomic mass is 35.5. The Morgan fingerprint density at radius 3 is 2.67 bits per heavy atom. The zero-order chi connectivity index (χ0) is 22.4. The van der Waals surface area contributed by atoms with E-state index in [4.69, 9.17) is 38.9 Å². The number of nitrogens with two attached hydrogens (primary N) is 1. The van der Waals surface area contributed by atoms with Crippen LogP contribution in [0, 0.1) is 0 Å². The molecule has 3 atom stereocenters. The highest BCUT2D eigenvalue weighted by molar-refractivity contribution is 6.43. The van der Waals surface area contributed by atoms with Gasteiger partial charge in [0, 0.05) is 54.9 Å². The van der Waals surface area contributed by atoms with Crippen molar-refractivity contribution in [1.82, 2.24) is 29.1 Å². The first-order valence-electron chi connectivity index (χ1n) is 11.2. The molecule has 1 aromatic carbocycles. The number of imidazole rings is 1. The lowest BCUT2D eigenvalue weighted by atomic mass is 9.98. The summed E-state index contributed by atoms with van der Waals surface area (Å²) < 4.78 is 3.74. The Morgan fingerprint density at radius 2 is 1.88 bits per heavy atom. The number of aromatic nitrogens is 6. The number of benzene rings is 1. The molecule has 168 valence electrons. The molecule has 33 heavy (non-hydrogen) atoms. The molecule has 2 aliphatic rings. The molecule has 0 amide bonds. The van der Waals surface area contributed by atoms with Crippen molar-refractivity contribution in [2.24, 2.45) is 12.8 Å². The Kier molecular flexibility index (Phi) is 4.08. The Morgan fingerprint density at radius 1 is 1.09 bits per heavy atom. The van der Waals surface area contributed by atoms with Gasteiger partial charge in [0.1, 0.15) is 10.8 Å². The van der Waals surface area contributed by atoms with E-state index in [1.165, 1.54) is 0 Å². The molecule has 0 saturated carbocycles. The molecule has 2 fully saturated rings. The van der Waals surface area contributed by atoms with Crippen LogP contribution in [0.5, 0.6) is 0 Å². The van der Waals surface area contributed by atoms with Gasteiger partial charge in [0.05, 0.1) is 21.3 Å². The molecule has 10 heteroatoms. The molecule has 7 rings (SSSR count). The second kappa shape index (κ2) is 6.85. The first kappa shape index (κ1) is 19.6. The molecule has 5 aromatic rings. The van der Waals surface area contributed by atoms with Crippen molar-refractivity contribution in [3.63, 3.8) is 0 Å². The van der Waals surface area contributed by atoms with Crippen LogP contribution in [0.2, 0.25) is 10.2 Å². The van der Waals surface area contributed by atoms with Gasteiger partial charge in [-0.1, -0.05) is 29.3 Å². The molecular formula is C23H22Cl2N8. The predicted molar refractivity (Wildman–Crippen MR) is 131 cm³/mol. The van der Waals surface area contributed by atoms with E-state index in [1.807, 2.05) is 37.8 Å². The van der Waals surface area contributed by atoms with E-state index in [9.17, 15) is 0 Å². The van der Waals surface area contributed by atoms with Crippen molar-refractivity contribution in [2.75, 3.05) is 4.90 Å². The fraction of sp³-hybridized carbons (Fsp3) is 0.348. The zero-order valence-electron chi connectivity index (χ0n) is 18.0. The van der Waals surface area contributed by atoms with Gasteiger partial charge in [-0.3, -0.25) is 9.08 Å². The van der Waals surface area contributed by atoms with Crippen LogP contribution in [0.3, 0.4) is 0 Å². The summed E-state index contributed by atoms with van der Waals surface area (Å²) in [4.78, 5) is 15.7. The molecule has 2 bridgehead atoms. The quantitative estimate of drug-likeness (QED) is 0.387. The van der Waals surface area contributed by atoms with Gasteiger partial charge in [-0.25, -0.2) is 4.98 Å². The number of nitrogens with one attached hydrogen (secondary N) is 1. The largest absolute Gasteiger partial charge is 0.345 e. The summed E-state index contributed by atoms with van der Waals surface area (Å²) in [5, 5.41) is 7.21. The number of nitrogens with zero attached hydrogens (tertiary/aromatic N) is 6. The standard InChI is InChI=1S/C23H22Cl2N8/c1-31-20(25)18-16(30-31)5-4-14(19(18)24)15-10-28-21-17(15)22-27-6-7-32(22)23(29-21)33-12-2-3-13(33)9-11(26)8-12/h4-7,10-13,28H,2-3,8-9,26H2,1H3/t11?,12-,13+. The van der Waals surface area contributed by atoms with Gasteiger partial charge in [0.25, 0.3) is 0 Å². The molecule has 0 aliphatic carbocycles. The highest BCUT2D eigenvalue weighted by Gasteiger charge is 2.41. The van der Waals surface area contributed by atoms with E-state index in [1.54, 1.807) is 4.68 Å². The Balaban J connectivity index is 1.45. The minimum Gasteiger partial charge on any atom is -0.345 e. The molecule has 2 saturated heterocycles. The summed E-state index contributed by atoms with van der Waals surface area (Å²) in [6.45, 7) is 0. The molecule has 0 radical (unpaired) electrons. The van der Waals surface area contributed by atoms with E-state index in [0.717, 1.165) is 70.3 Å². The number of aromatic amines is 1. The lowest BCUT2D eigenvalue weighted by Gasteiger charge is -2.38. The third-order valence-corrected chi connectivity index (χ3v) is 8.14. The first-order valence-corrected chi connectivity index (χ1v) is 12.0. The molecule has 4 aromatic heterocycles. The predicted octanol–water partition coefficient (Wildman–Crippen LogP) is 4.53. The Hall–Kier alpha value is -2.81. The number of anilines is 1. The van der Waals surface area contributed by atoms with E-state index in [2.05, 4.69) is 19.4 Å². The second-order valence-corrected chi connectivity index (χ2v) is 9.95. The lowest BCUT2D eigenvalue weighted by molar-refractivity contribution is 0.408. The monoisotopic (exact) mass is 480 g/mol. The minimum absolute atomic E-state index is 0.272. The maximum absolute atomic E-state index is 6.87. The first-order chi connectivity index (χ1) is 16.0. The average Bonchev–Trinajstić information content (AvgIpc) is 3.54. The van der Waals surface area contributed by atoms with Crippen LogP contribution in [0.4, 0.5) is 5.95 Å². The summed E-state index contributed by atoms with van der Waals surface area (Å²) >= 11 is 13.4. The third-order valence-electron chi connectivity index (χ3n) is 7.31. The molecule has 0 spiro atoms. The maximum atomic E-state index is 6.87. The van der Waals surface area contributed by atoms with Crippen molar-refractivity contribution < 1.29 is 0 Å². The Labute approximate surface area is 199 Å². The summed E-state index contributed by atoms with van der Waals surface area (Å²) in [6, 6.07) is 5.05. The van der Waals surface area contributed by atoms with Gasteiger partial charge >= 0.3 is 0 Å².